The number of likely N-dealkylation sites (N-methyl/N-ethyl adjacent to an activating group) is 1. The van der Waals surface area contributed by atoms with Gasteiger partial charge in [0.1, 0.15) is 0 Å². The van der Waals surface area contributed by atoms with Crippen LogP contribution in [-0.4, -0.2) is 45.6 Å². The lowest BCUT2D eigenvalue weighted by atomic mass is 9.86. The Morgan fingerprint density at radius 1 is 1.25 bits per heavy atom. The fourth-order valence-corrected chi connectivity index (χ4v) is 2.71. The Balaban J connectivity index is 2.31. The lowest BCUT2D eigenvalue weighted by Crippen LogP contribution is -2.47. The molecule has 2 aromatic rings. The highest BCUT2D eigenvalue weighted by molar-refractivity contribution is 5.95. The minimum Gasteiger partial charge on any atom is -0.394 e. The predicted octanol–water partition coefficient (Wildman–Crippen LogP) is 2.93. The summed E-state index contributed by atoms with van der Waals surface area (Å²) in [6, 6.07) is 9.38. The van der Waals surface area contributed by atoms with Crippen LogP contribution in [-0.2, 0) is 0 Å². The summed E-state index contributed by atoms with van der Waals surface area (Å²) in [5.74, 6) is 0.419. The van der Waals surface area contributed by atoms with Crippen molar-refractivity contribution in [2.24, 2.45) is 5.41 Å². The molecule has 128 valence electrons. The first-order valence-electron chi connectivity index (χ1n) is 8.02. The van der Waals surface area contributed by atoms with Crippen LogP contribution in [0, 0.1) is 12.3 Å². The third kappa shape index (κ3) is 3.79. The molecule has 0 saturated carbocycles. The summed E-state index contributed by atoms with van der Waals surface area (Å²) in [6.45, 7) is 7.71. The Labute approximate surface area is 143 Å². The Kier molecular flexibility index (Phi) is 5.34. The maximum absolute atomic E-state index is 12.8. The maximum Gasteiger partial charge on any atom is 0.257 e. The van der Waals surface area contributed by atoms with Crippen LogP contribution in [0.15, 0.2) is 36.5 Å². The number of aliphatic hydroxyl groups excluding tert-OH is 1. The molecule has 0 aliphatic heterocycles. The lowest BCUT2D eigenvalue weighted by molar-refractivity contribution is 0.0432. The molecule has 1 atom stereocenters. The van der Waals surface area contributed by atoms with Crippen molar-refractivity contribution in [3.63, 3.8) is 0 Å². The molecule has 1 unspecified atom stereocenters. The largest absolute Gasteiger partial charge is 0.394 e. The quantitative estimate of drug-likeness (QED) is 0.937. The van der Waals surface area contributed by atoms with E-state index in [4.69, 9.17) is 0 Å². The molecule has 0 spiro atoms. The van der Waals surface area contributed by atoms with Gasteiger partial charge in [-0.3, -0.25) is 4.79 Å². The zero-order chi connectivity index (χ0) is 17.9. The molecule has 1 aromatic heterocycles. The number of benzene rings is 1. The average molecular weight is 327 g/mol. The van der Waals surface area contributed by atoms with Crippen molar-refractivity contribution in [3.05, 3.63) is 47.8 Å². The molecule has 24 heavy (non-hydrogen) atoms. The van der Waals surface area contributed by atoms with Gasteiger partial charge in [0.15, 0.2) is 5.82 Å². The van der Waals surface area contributed by atoms with Gasteiger partial charge in [0.25, 0.3) is 5.91 Å². The number of aliphatic hydroxyl groups is 1. The van der Waals surface area contributed by atoms with Crippen LogP contribution in [0.4, 0.5) is 0 Å². The molecule has 1 aromatic carbocycles. The van der Waals surface area contributed by atoms with Crippen molar-refractivity contribution in [2.45, 2.75) is 33.7 Å². The molecule has 0 fully saturated rings. The molecule has 5 heteroatoms. The van der Waals surface area contributed by atoms with E-state index < -0.39 is 0 Å². The zero-order valence-corrected chi connectivity index (χ0v) is 14.9. The van der Waals surface area contributed by atoms with Crippen molar-refractivity contribution in [3.8, 4) is 11.4 Å². The number of nitrogens with zero attached hydrogens (tertiary/aromatic N) is 3. The second kappa shape index (κ2) is 7.09. The van der Waals surface area contributed by atoms with Gasteiger partial charge in [-0.15, -0.1) is 0 Å². The van der Waals surface area contributed by atoms with Crippen molar-refractivity contribution in [1.29, 1.82) is 0 Å². The van der Waals surface area contributed by atoms with E-state index in [-0.39, 0.29) is 24.0 Å². The zero-order valence-electron chi connectivity index (χ0n) is 14.9. The minimum absolute atomic E-state index is 0.0895. The van der Waals surface area contributed by atoms with Crippen LogP contribution in [0.1, 0.15) is 36.8 Å². The molecular weight excluding hydrogens is 302 g/mol. The third-order valence-corrected chi connectivity index (χ3v) is 4.20. The van der Waals surface area contributed by atoms with Gasteiger partial charge in [0.2, 0.25) is 0 Å². The van der Waals surface area contributed by atoms with Gasteiger partial charge >= 0.3 is 0 Å². The highest BCUT2D eigenvalue weighted by Crippen LogP contribution is 2.25. The maximum atomic E-state index is 12.8. The van der Waals surface area contributed by atoms with E-state index in [9.17, 15) is 9.90 Å². The van der Waals surface area contributed by atoms with E-state index in [1.54, 1.807) is 25.1 Å². The smallest absolute Gasteiger partial charge is 0.257 e. The average Bonchev–Trinajstić information content (AvgIpc) is 2.54. The molecule has 0 aliphatic rings. The normalized spacial score (nSPS) is 12.8. The number of amides is 1. The van der Waals surface area contributed by atoms with Crippen LogP contribution in [0.25, 0.3) is 11.4 Å². The van der Waals surface area contributed by atoms with Gasteiger partial charge < -0.3 is 10.0 Å². The van der Waals surface area contributed by atoms with E-state index in [2.05, 4.69) is 9.97 Å². The van der Waals surface area contributed by atoms with Gasteiger partial charge in [-0.1, -0.05) is 51.1 Å². The van der Waals surface area contributed by atoms with Crippen LogP contribution >= 0.6 is 0 Å². The van der Waals surface area contributed by atoms with Crippen LogP contribution in [0.3, 0.4) is 0 Å². The monoisotopic (exact) mass is 327 g/mol. The van der Waals surface area contributed by atoms with E-state index in [0.717, 1.165) is 5.56 Å². The Bertz CT molecular complexity index is 708. The van der Waals surface area contributed by atoms with Crippen LogP contribution in [0.5, 0.6) is 0 Å². The summed E-state index contributed by atoms with van der Waals surface area (Å²) in [6.07, 6.45) is 1.57. The molecule has 0 radical (unpaired) electrons. The van der Waals surface area contributed by atoms with E-state index >= 15 is 0 Å². The van der Waals surface area contributed by atoms with E-state index in [0.29, 0.717) is 17.1 Å². The Hall–Kier alpha value is -2.27. The first-order valence-corrected chi connectivity index (χ1v) is 8.02. The molecule has 0 saturated heterocycles. The summed E-state index contributed by atoms with van der Waals surface area (Å²) in [7, 11) is 1.71. The fraction of sp³-hybridized carbons (Fsp3) is 0.421. The number of aromatic nitrogens is 2. The van der Waals surface area contributed by atoms with Gasteiger partial charge in [0.05, 0.1) is 23.9 Å². The fourth-order valence-electron chi connectivity index (χ4n) is 2.71. The second-order valence-electron chi connectivity index (χ2n) is 7.04. The minimum atomic E-state index is -0.279. The predicted molar refractivity (Wildman–Crippen MR) is 94.6 cm³/mol. The first kappa shape index (κ1) is 18.1. The lowest BCUT2D eigenvalue weighted by Gasteiger charge is -2.36. The summed E-state index contributed by atoms with van der Waals surface area (Å²) in [5, 5.41) is 9.66. The van der Waals surface area contributed by atoms with Crippen molar-refractivity contribution in [1.82, 2.24) is 14.9 Å². The number of carbonyl (C=O) groups excluding carboxylic acids is 1. The Morgan fingerprint density at radius 3 is 2.38 bits per heavy atom. The number of hydrogen-bond acceptors (Lipinski definition) is 4. The molecule has 1 N–H and O–H groups in total. The van der Waals surface area contributed by atoms with Crippen molar-refractivity contribution >= 4 is 5.91 Å². The number of rotatable bonds is 4. The van der Waals surface area contributed by atoms with Crippen LogP contribution in [0.2, 0.25) is 0 Å². The first-order chi connectivity index (χ1) is 11.3. The van der Waals surface area contributed by atoms with Crippen molar-refractivity contribution < 1.29 is 9.90 Å². The molecule has 0 bridgehead atoms. The van der Waals surface area contributed by atoms with Gasteiger partial charge in [-0.2, -0.15) is 0 Å². The van der Waals surface area contributed by atoms with E-state index in [1.165, 1.54) is 0 Å². The van der Waals surface area contributed by atoms with Gasteiger partial charge in [-0.25, -0.2) is 9.97 Å². The molecule has 1 heterocycles. The van der Waals surface area contributed by atoms with Crippen molar-refractivity contribution in [2.75, 3.05) is 13.7 Å². The SMILES string of the molecule is Cc1nc(-c2ccccc2)ncc1C(=O)N(C)C(CO)C(C)(C)C. The number of carbonyl (C=O) groups is 1. The van der Waals surface area contributed by atoms with Gasteiger partial charge in [-0.05, 0) is 12.3 Å². The standard InChI is InChI=1S/C19H25N3O2/c1-13-15(18(24)22(5)16(12-23)19(2,3)4)11-20-17(21-13)14-9-7-6-8-10-14/h6-11,16,23H,12H2,1-5H3. The highest BCUT2D eigenvalue weighted by Gasteiger charge is 2.31. The second-order valence-corrected chi connectivity index (χ2v) is 7.04. The molecule has 0 aliphatic carbocycles. The Morgan fingerprint density at radius 2 is 1.88 bits per heavy atom. The number of aryl methyl sites for hydroxylation is 1. The summed E-state index contributed by atoms with van der Waals surface area (Å²) < 4.78 is 0. The topological polar surface area (TPSA) is 66.3 Å². The molecule has 2 rings (SSSR count). The van der Waals surface area contributed by atoms with Crippen LogP contribution < -0.4 is 0 Å². The highest BCUT2D eigenvalue weighted by atomic mass is 16.3. The number of hydrogen-bond donors (Lipinski definition) is 1. The molecule has 1 amide bonds. The molecule has 5 nitrogen and oxygen atoms in total. The van der Waals surface area contributed by atoms with E-state index in [1.807, 2.05) is 51.1 Å². The summed E-state index contributed by atoms with van der Waals surface area (Å²) in [5.41, 5.74) is 1.78. The molecular formula is C19H25N3O2. The summed E-state index contributed by atoms with van der Waals surface area (Å²) in [4.78, 5) is 23.2. The third-order valence-electron chi connectivity index (χ3n) is 4.20. The van der Waals surface area contributed by atoms with Gasteiger partial charge in [0, 0.05) is 18.8 Å². The summed E-state index contributed by atoms with van der Waals surface area (Å²) >= 11 is 0.